The lowest BCUT2D eigenvalue weighted by atomic mass is 10.1. The maximum Gasteiger partial charge on any atom is 0.119 e. The molecular formula is C20H24N2O2. The summed E-state index contributed by atoms with van der Waals surface area (Å²) in [6, 6.07) is 14.2. The zero-order valence-corrected chi connectivity index (χ0v) is 14.5. The topological polar surface area (TPSA) is 47.3 Å². The summed E-state index contributed by atoms with van der Waals surface area (Å²) in [7, 11) is 0. The molecule has 24 heavy (non-hydrogen) atoms. The number of fused-ring (bicyclic) bond motifs is 1. The van der Waals surface area contributed by atoms with Crippen molar-refractivity contribution >= 4 is 11.0 Å². The van der Waals surface area contributed by atoms with Crippen LogP contribution in [0.5, 0.6) is 5.75 Å². The van der Waals surface area contributed by atoms with Crippen molar-refractivity contribution in [2.45, 2.75) is 39.8 Å². The summed E-state index contributed by atoms with van der Waals surface area (Å²) in [5, 5.41) is 10.4. The molecule has 1 unspecified atom stereocenters. The third-order valence-corrected chi connectivity index (χ3v) is 4.20. The molecule has 0 spiro atoms. The molecule has 0 saturated heterocycles. The fourth-order valence-electron chi connectivity index (χ4n) is 2.99. The van der Waals surface area contributed by atoms with Crippen molar-refractivity contribution in [1.29, 1.82) is 0 Å². The van der Waals surface area contributed by atoms with Gasteiger partial charge in [-0.2, -0.15) is 0 Å². The van der Waals surface area contributed by atoms with Gasteiger partial charge in [0.15, 0.2) is 0 Å². The van der Waals surface area contributed by atoms with Gasteiger partial charge < -0.3 is 14.4 Å². The molecule has 0 aliphatic rings. The summed E-state index contributed by atoms with van der Waals surface area (Å²) >= 11 is 0. The molecule has 0 fully saturated rings. The van der Waals surface area contributed by atoms with Gasteiger partial charge in [-0.1, -0.05) is 25.1 Å². The second-order valence-electron chi connectivity index (χ2n) is 6.23. The minimum atomic E-state index is -0.591. The van der Waals surface area contributed by atoms with Crippen molar-refractivity contribution in [3.63, 3.8) is 0 Å². The van der Waals surface area contributed by atoms with Crippen LogP contribution in [0.2, 0.25) is 0 Å². The summed E-state index contributed by atoms with van der Waals surface area (Å²) in [5.74, 6) is 1.72. The van der Waals surface area contributed by atoms with Gasteiger partial charge >= 0.3 is 0 Å². The highest BCUT2D eigenvalue weighted by Gasteiger charge is 2.12. The number of hydrogen-bond acceptors (Lipinski definition) is 3. The van der Waals surface area contributed by atoms with E-state index in [1.54, 1.807) is 0 Å². The molecule has 3 rings (SSSR count). The Labute approximate surface area is 142 Å². The molecule has 1 atom stereocenters. The number of benzene rings is 2. The summed E-state index contributed by atoms with van der Waals surface area (Å²) in [6.07, 6.45) is 0.382. The average molecular weight is 324 g/mol. The van der Waals surface area contributed by atoms with E-state index in [2.05, 4.69) is 24.9 Å². The first-order valence-electron chi connectivity index (χ1n) is 8.40. The van der Waals surface area contributed by atoms with E-state index in [9.17, 15) is 5.11 Å². The van der Waals surface area contributed by atoms with Gasteiger partial charge in [0.05, 0.1) is 17.6 Å². The third kappa shape index (κ3) is 3.60. The molecule has 3 aromatic rings. The molecule has 4 heteroatoms. The second kappa shape index (κ2) is 7.05. The Morgan fingerprint density at radius 1 is 1.17 bits per heavy atom. The lowest BCUT2D eigenvalue weighted by molar-refractivity contribution is 0.0928. The van der Waals surface area contributed by atoms with Crippen molar-refractivity contribution in [2.24, 2.45) is 0 Å². The first-order chi connectivity index (χ1) is 11.6. The Bertz CT molecular complexity index is 839. The first kappa shape index (κ1) is 16.5. The number of aromatic nitrogens is 2. The average Bonchev–Trinajstić information content (AvgIpc) is 2.88. The third-order valence-electron chi connectivity index (χ3n) is 4.20. The van der Waals surface area contributed by atoms with E-state index in [0.29, 0.717) is 6.54 Å². The monoisotopic (exact) mass is 324 g/mol. The van der Waals surface area contributed by atoms with E-state index < -0.39 is 6.10 Å². The van der Waals surface area contributed by atoms with Gasteiger partial charge in [0.2, 0.25) is 0 Å². The zero-order chi connectivity index (χ0) is 17.1. The van der Waals surface area contributed by atoms with Crippen molar-refractivity contribution in [1.82, 2.24) is 9.55 Å². The van der Waals surface area contributed by atoms with Crippen LogP contribution in [0.4, 0.5) is 0 Å². The van der Waals surface area contributed by atoms with E-state index in [0.717, 1.165) is 29.0 Å². The van der Waals surface area contributed by atoms with Crippen LogP contribution in [0, 0.1) is 13.8 Å². The Balaban J connectivity index is 1.68. The van der Waals surface area contributed by atoms with E-state index >= 15 is 0 Å². The van der Waals surface area contributed by atoms with Crippen molar-refractivity contribution in [3.05, 3.63) is 59.4 Å². The number of para-hydroxylation sites is 2. The Kier molecular flexibility index (Phi) is 4.86. The Hall–Kier alpha value is -2.33. The minimum Gasteiger partial charge on any atom is -0.491 e. The van der Waals surface area contributed by atoms with Gasteiger partial charge in [0.25, 0.3) is 0 Å². The highest BCUT2D eigenvalue weighted by Crippen LogP contribution is 2.19. The number of imidazole rings is 1. The lowest BCUT2D eigenvalue weighted by Crippen LogP contribution is -2.24. The molecule has 1 heterocycles. The first-order valence-corrected chi connectivity index (χ1v) is 8.40. The van der Waals surface area contributed by atoms with Crippen LogP contribution in [0.3, 0.4) is 0 Å². The number of ether oxygens (including phenoxy) is 1. The van der Waals surface area contributed by atoms with E-state index in [-0.39, 0.29) is 6.61 Å². The van der Waals surface area contributed by atoms with Crippen molar-refractivity contribution < 1.29 is 9.84 Å². The number of aliphatic hydroxyl groups is 1. The van der Waals surface area contributed by atoms with Gasteiger partial charge in [-0.3, -0.25) is 0 Å². The van der Waals surface area contributed by atoms with Crippen LogP contribution >= 0.6 is 0 Å². The number of nitrogens with zero attached hydrogens (tertiary/aromatic N) is 2. The number of aliphatic hydroxyl groups excluding tert-OH is 1. The predicted molar refractivity (Wildman–Crippen MR) is 96.5 cm³/mol. The van der Waals surface area contributed by atoms with Gasteiger partial charge in [0, 0.05) is 0 Å². The largest absolute Gasteiger partial charge is 0.491 e. The van der Waals surface area contributed by atoms with E-state index in [1.807, 2.05) is 47.9 Å². The van der Waals surface area contributed by atoms with Gasteiger partial charge in [-0.05, 0) is 55.7 Å². The molecule has 1 aromatic heterocycles. The molecule has 1 N–H and O–H groups in total. The standard InChI is InChI=1S/C20H24N2O2/c1-4-16-9-14(2)10-18(11-16)24-13-17(23)12-22-15(3)21-19-7-5-6-8-20(19)22/h5-11,17,23H,4,12-13H2,1-3H3. The molecule has 0 bridgehead atoms. The number of aryl methyl sites for hydroxylation is 3. The molecule has 0 amide bonds. The van der Waals surface area contributed by atoms with Crippen molar-refractivity contribution in [2.75, 3.05) is 6.61 Å². The van der Waals surface area contributed by atoms with E-state index in [1.165, 1.54) is 11.1 Å². The maximum atomic E-state index is 10.4. The second-order valence-corrected chi connectivity index (χ2v) is 6.23. The van der Waals surface area contributed by atoms with E-state index in [4.69, 9.17) is 4.74 Å². The van der Waals surface area contributed by atoms with Crippen LogP contribution in [0.1, 0.15) is 23.9 Å². The lowest BCUT2D eigenvalue weighted by Gasteiger charge is -2.15. The summed E-state index contributed by atoms with van der Waals surface area (Å²) < 4.78 is 7.85. The highest BCUT2D eigenvalue weighted by molar-refractivity contribution is 5.75. The van der Waals surface area contributed by atoms with Crippen LogP contribution in [-0.4, -0.2) is 27.4 Å². The molecule has 0 aliphatic heterocycles. The maximum absolute atomic E-state index is 10.4. The Morgan fingerprint density at radius 2 is 1.96 bits per heavy atom. The molecule has 126 valence electrons. The van der Waals surface area contributed by atoms with Crippen LogP contribution in [0.25, 0.3) is 11.0 Å². The molecule has 0 radical (unpaired) electrons. The molecule has 4 nitrogen and oxygen atoms in total. The van der Waals surface area contributed by atoms with Gasteiger partial charge in [-0.25, -0.2) is 4.98 Å². The molecule has 0 saturated carbocycles. The zero-order valence-electron chi connectivity index (χ0n) is 14.5. The number of rotatable bonds is 6. The van der Waals surface area contributed by atoms with Crippen molar-refractivity contribution in [3.8, 4) is 5.75 Å². The fourth-order valence-corrected chi connectivity index (χ4v) is 2.99. The highest BCUT2D eigenvalue weighted by atomic mass is 16.5. The van der Waals surface area contributed by atoms with Gasteiger partial charge in [0.1, 0.15) is 24.3 Å². The minimum absolute atomic E-state index is 0.262. The quantitative estimate of drug-likeness (QED) is 0.753. The Morgan fingerprint density at radius 3 is 2.75 bits per heavy atom. The van der Waals surface area contributed by atoms with Crippen LogP contribution in [0.15, 0.2) is 42.5 Å². The predicted octanol–water partition coefficient (Wildman–Crippen LogP) is 3.66. The summed E-state index contributed by atoms with van der Waals surface area (Å²) in [4.78, 5) is 4.53. The fraction of sp³-hybridized carbons (Fsp3) is 0.350. The smallest absolute Gasteiger partial charge is 0.119 e. The molecule has 2 aromatic carbocycles. The van der Waals surface area contributed by atoms with Gasteiger partial charge in [-0.15, -0.1) is 0 Å². The molecule has 0 aliphatic carbocycles. The summed E-state index contributed by atoms with van der Waals surface area (Å²) in [5.41, 5.74) is 4.42. The molecular weight excluding hydrogens is 300 g/mol. The SMILES string of the molecule is CCc1cc(C)cc(OCC(O)Cn2c(C)nc3ccccc32)c1. The van der Waals surface area contributed by atoms with Crippen LogP contribution in [-0.2, 0) is 13.0 Å². The normalized spacial score (nSPS) is 12.5. The summed E-state index contributed by atoms with van der Waals surface area (Å²) in [6.45, 7) is 6.88. The number of hydrogen-bond donors (Lipinski definition) is 1. The van der Waals surface area contributed by atoms with Crippen LogP contribution < -0.4 is 4.74 Å².